The predicted molar refractivity (Wildman–Crippen MR) is 66.5 cm³/mol. The Morgan fingerprint density at radius 2 is 2.29 bits per heavy atom. The van der Waals surface area contributed by atoms with E-state index in [4.69, 9.17) is 12.2 Å². The molecule has 0 saturated carbocycles. The molecule has 0 aromatic carbocycles. The van der Waals surface area contributed by atoms with Crippen LogP contribution in [0.15, 0.2) is 4.34 Å². The normalized spacial score (nSPS) is 10.8. The van der Waals surface area contributed by atoms with Gasteiger partial charge in [-0.3, -0.25) is 0 Å². The second-order valence-corrected chi connectivity index (χ2v) is 5.66. The molecule has 0 atom stereocenters. The summed E-state index contributed by atoms with van der Waals surface area (Å²) in [5, 5.41) is 11.0. The number of thiocarbonyl (C=S) groups is 1. The maximum atomic E-state index is 4.75. The zero-order chi connectivity index (χ0) is 10.4. The number of hydrogen-bond donors (Lipinski definition) is 0. The van der Waals surface area contributed by atoms with Crippen molar-refractivity contribution in [3.63, 3.8) is 0 Å². The van der Waals surface area contributed by atoms with Crippen molar-refractivity contribution in [2.75, 3.05) is 26.4 Å². The molecule has 1 heterocycles. The third kappa shape index (κ3) is 4.45. The molecule has 14 heavy (non-hydrogen) atoms. The van der Waals surface area contributed by atoms with Crippen molar-refractivity contribution in [2.24, 2.45) is 0 Å². The Morgan fingerprint density at radius 3 is 2.93 bits per heavy atom. The van der Waals surface area contributed by atoms with Crippen LogP contribution in [-0.4, -0.2) is 46.9 Å². The molecule has 0 aliphatic carbocycles. The van der Waals surface area contributed by atoms with Gasteiger partial charge in [0.1, 0.15) is 5.01 Å². The molecule has 6 heteroatoms. The zero-order valence-electron chi connectivity index (χ0n) is 8.27. The maximum Gasteiger partial charge on any atom is 0.174 e. The molecule has 3 nitrogen and oxygen atoms in total. The van der Waals surface area contributed by atoms with Crippen molar-refractivity contribution in [3.8, 4) is 0 Å². The minimum absolute atomic E-state index is 0.831. The van der Waals surface area contributed by atoms with Gasteiger partial charge in [-0.1, -0.05) is 35.3 Å². The molecular weight excluding hydrogens is 234 g/mol. The van der Waals surface area contributed by atoms with E-state index in [-0.39, 0.29) is 0 Å². The van der Waals surface area contributed by atoms with E-state index >= 15 is 0 Å². The summed E-state index contributed by atoms with van der Waals surface area (Å²) in [4.78, 5) is 2.14. The Kier molecular flexibility index (Phi) is 5.54. The van der Waals surface area contributed by atoms with Crippen LogP contribution < -0.4 is 0 Å². The fourth-order valence-corrected chi connectivity index (χ4v) is 2.62. The first-order valence-corrected chi connectivity index (χ1v) is 6.53. The van der Waals surface area contributed by atoms with Gasteiger partial charge in [-0.15, -0.1) is 10.2 Å². The van der Waals surface area contributed by atoms with Crippen LogP contribution in [0.5, 0.6) is 0 Å². The monoisotopic (exact) mass is 247 g/mol. The molecule has 0 saturated heterocycles. The highest BCUT2D eigenvalue weighted by atomic mass is 32.2. The van der Waals surface area contributed by atoms with Gasteiger partial charge < -0.3 is 4.90 Å². The summed E-state index contributed by atoms with van der Waals surface area (Å²) in [5.74, 6) is 0.831. The van der Waals surface area contributed by atoms with Crippen LogP contribution in [0.25, 0.3) is 0 Å². The van der Waals surface area contributed by atoms with Crippen LogP contribution in [0.3, 0.4) is 0 Å². The number of likely N-dealkylation sites (N-methyl/N-ethyl adjacent to an activating group) is 1. The molecule has 1 aromatic rings. The van der Waals surface area contributed by atoms with Gasteiger partial charge in [0, 0.05) is 18.7 Å². The van der Waals surface area contributed by atoms with E-state index in [1.165, 1.54) is 0 Å². The lowest BCUT2D eigenvalue weighted by Crippen LogP contribution is -2.14. The summed E-state index contributed by atoms with van der Waals surface area (Å²) < 4.78 is 1.01. The van der Waals surface area contributed by atoms with Crippen LogP contribution in [0.1, 0.15) is 5.01 Å². The number of hydrogen-bond acceptors (Lipinski definition) is 6. The second-order valence-electron chi connectivity index (χ2n) is 2.99. The third-order valence-electron chi connectivity index (χ3n) is 1.50. The average Bonchev–Trinajstić information content (AvgIpc) is 2.59. The van der Waals surface area contributed by atoms with Gasteiger partial charge in [0.25, 0.3) is 0 Å². The molecule has 0 aliphatic heterocycles. The van der Waals surface area contributed by atoms with Crippen molar-refractivity contribution in [3.05, 3.63) is 5.01 Å². The van der Waals surface area contributed by atoms with Crippen molar-refractivity contribution in [1.82, 2.24) is 15.1 Å². The smallest absolute Gasteiger partial charge is 0.174 e. The average molecular weight is 247 g/mol. The van der Waals surface area contributed by atoms with Gasteiger partial charge in [-0.05, 0) is 19.5 Å². The molecule has 0 unspecified atom stereocenters. The molecule has 1 aromatic heterocycles. The Hall–Kier alpha value is -0.0400. The highest BCUT2D eigenvalue weighted by molar-refractivity contribution is 8.02. The van der Waals surface area contributed by atoms with E-state index in [0.29, 0.717) is 0 Å². The first-order valence-electron chi connectivity index (χ1n) is 4.26. The summed E-state index contributed by atoms with van der Waals surface area (Å²) in [6.45, 7) is 1.02. The van der Waals surface area contributed by atoms with Crippen LogP contribution >= 0.6 is 35.3 Å². The largest absolute Gasteiger partial charge is 0.309 e. The summed E-state index contributed by atoms with van der Waals surface area (Å²) >= 11 is 8.06. The molecule has 0 bridgehead atoms. The van der Waals surface area contributed by atoms with Crippen LogP contribution in [0.4, 0.5) is 0 Å². The fourth-order valence-electron chi connectivity index (χ4n) is 0.822. The quantitative estimate of drug-likeness (QED) is 0.564. The van der Waals surface area contributed by atoms with Crippen molar-refractivity contribution < 1.29 is 0 Å². The Morgan fingerprint density at radius 1 is 1.50 bits per heavy atom. The van der Waals surface area contributed by atoms with Crippen molar-refractivity contribution in [1.29, 1.82) is 0 Å². The molecule has 1 rings (SSSR count). The number of thioether (sulfide) groups is 1. The summed E-state index contributed by atoms with van der Waals surface area (Å²) in [5.41, 5.74) is 0. The van der Waals surface area contributed by atoms with E-state index < -0.39 is 0 Å². The number of aromatic nitrogens is 2. The lowest BCUT2D eigenvalue weighted by molar-refractivity contribution is 0.413. The topological polar surface area (TPSA) is 29.0 Å². The van der Waals surface area contributed by atoms with E-state index in [1.807, 2.05) is 0 Å². The van der Waals surface area contributed by atoms with E-state index in [1.54, 1.807) is 28.5 Å². The van der Waals surface area contributed by atoms with Crippen LogP contribution in [0.2, 0.25) is 0 Å². The van der Waals surface area contributed by atoms with Gasteiger partial charge in [-0.25, -0.2) is 0 Å². The number of rotatable bonds is 6. The SMILES string of the molecule is CN(C)CCc1nnc(SCC=S)s1. The highest BCUT2D eigenvalue weighted by Crippen LogP contribution is 2.21. The maximum absolute atomic E-state index is 4.75. The first kappa shape index (κ1) is 12.0. The van der Waals surface area contributed by atoms with Gasteiger partial charge in [-0.2, -0.15) is 0 Å². The number of nitrogens with zero attached hydrogens (tertiary/aromatic N) is 3. The van der Waals surface area contributed by atoms with Crippen LogP contribution in [0, 0.1) is 0 Å². The fraction of sp³-hybridized carbons (Fsp3) is 0.625. The second kappa shape index (κ2) is 6.44. The van der Waals surface area contributed by atoms with Crippen molar-refractivity contribution >= 4 is 40.7 Å². The molecule has 0 radical (unpaired) electrons. The molecule has 0 spiro atoms. The lowest BCUT2D eigenvalue weighted by atomic mass is 10.4. The van der Waals surface area contributed by atoms with Gasteiger partial charge in [0.05, 0.1) is 0 Å². The Balaban J connectivity index is 2.38. The Bertz CT molecular complexity index is 285. The van der Waals surface area contributed by atoms with Gasteiger partial charge in [0.2, 0.25) is 0 Å². The van der Waals surface area contributed by atoms with Gasteiger partial charge in [0.15, 0.2) is 4.34 Å². The van der Waals surface area contributed by atoms with Crippen LogP contribution in [-0.2, 0) is 6.42 Å². The molecule has 0 fully saturated rings. The van der Waals surface area contributed by atoms with Crippen molar-refractivity contribution in [2.45, 2.75) is 10.8 Å². The highest BCUT2D eigenvalue weighted by Gasteiger charge is 2.04. The Labute approximate surface area is 97.9 Å². The minimum atomic E-state index is 0.831. The molecule has 0 N–H and O–H groups in total. The summed E-state index contributed by atoms with van der Waals surface area (Å²) in [6.07, 6.45) is 0.975. The molecule has 0 aliphatic rings. The van der Waals surface area contributed by atoms with E-state index in [2.05, 4.69) is 29.2 Å². The summed E-state index contributed by atoms with van der Waals surface area (Å²) in [6, 6.07) is 0. The molecule has 78 valence electrons. The zero-order valence-corrected chi connectivity index (χ0v) is 10.7. The lowest BCUT2D eigenvalue weighted by Gasteiger charge is -2.05. The van der Waals surface area contributed by atoms with Gasteiger partial charge >= 0.3 is 0 Å². The minimum Gasteiger partial charge on any atom is -0.309 e. The standard InChI is InChI=1S/C8H13N3S3/c1-11(2)4-3-7-9-10-8(14-7)13-6-5-12/h5H,3-4,6H2,1-2H3. The predicted octanol–water partition coefficient (Wildman–Crippen LogP) is 1.73. The molecular formula is C8H13N3S3. The van der Waals surface area contributed by atoms with E-state index in [0.717, 1.165) is 28.1 Å². The molecule has 0 amide bonds. The first-order chi connectivity index (χ1) is 6.72. The summed E-state index contributed by atoms with van der Waals surface area (Å²) in [7, 11) is 4.12. The van der Waals surface area contributed by atoms with E-state index in [9.17, 15) is 0 Å². The third-order valence-corrected chi connectivity index (χ3v) is 3.92.